The van der Waals surface area contributed by atoms with E-state index in [-0.39, 0.29) is 35.9 Å². The molecular weight excluding hydrogens is 688 g/mol. The van der Waals surface area contributed by atoms with E-state index in [9.17, 15) is 29.7 Å². The number of phenolic OH excluding ortho intramolecular Hbond substituents is 1. The van der Waals surface area contributed by atoms with Crippen LogP contribution >= 0.6 is 0 Å². The van der Waals surface area contributed by atoms with Crippen LogP contribution in [-0.2, 0) is 11.3 Å². The van der Waals surface area contributed by atoms with Crippen molar-refractivity contribution < 1.29 is 34.4 Å². The van der Waals surface area contributed by atoms with E-state index in [1.54, 1.807) is 12.1 Å². The molecule has 2 atom stereocenters. The van der Waals surface area contributed by atoms with Gasteiger partial charge in [-0.1, -0.05) is 60.7 Å². The van der Waals surface area contributed by atoms with Gasteiger partial charge in [0.25, 0.3) is 5.91 Å². The maximum Gasteiger partial charge on any atom is 0.405 e. The number of aliphatic hydroxyl groups is 1. The van der Waals surface area contributed by atoms with Gasteiger partial charge in [-0.2, -0.15) is 0 Å². The average Bonchev–Trinajstić information content (AvgIpc) is 3.19. The zero-order valence-electron chi connectivity index (χ0n) is 29.9. The summed E-state index contributed by atoms with van der Waals surface area (Å²) in [7, 11) is 0. The van der Waals surface area contributed by atoms with Gasteiger partial charge in [0, 0.05) is 49.9 Å². The predicted octanol–water partition coefficient (Wildman–Crippen LogP) is 5.75. The molecule has 12 nitrogen and oxygen atoms in total. The number of ether oxygens (including phenoxy) is 2. The van der Waals surface area contributed by atoms with Crippen LogP contribution < -0.4 is 20.9 Å². The third-order valence-corrected chi connectivity index (χ3v) is 9.69. The van der Waals surface area contributed by atoms with Gasteiger partial charge in [-0.3, -0.25) is 9.59 Å². The van der Waals surface area contributed by atoms with E-state index in [2.05, 4.69) is 15.6 Å². The topological polar surface area (TPSA) is 173 Å². The number of H-pyrrole nitrogens is 1. The highest BCUT2D eigenvalue weighted by molar-refractivity contribution is 5.94. The number of aromatic amines is 1. The van der Waals surface area contributed by atoms with Crippen LogP contribution in [0.3, 0.4) is 0 Å². The number of carbonyl (C=O) groups is 2. The number of aromatic hydroxyl groups is 1. The number of nitrogens with zero attached hydrogens (tertiary/aromatic N) is 1. The molecule has 0 aliphatic carbocycles. The van der Waals surface area contributed by atoms with Crippen LogP contribution in [0.5, 0.6) is 11.5 Å². The first kappa shape index (κ1) is 38.0. The first-order valence-electron chi connectivity index (χ1n) is 18.2. The third-order valence-electron chi connectivity index (χ3n) is 9.69. The van der Waals surface area contributed by atoms with Gasteiger partial charge in [0.1, 0.15) is 18.1 Å². The number of benzene rings is 4. The number of nitrogens with one attached hydrogen (secondary N) is 3. The van der Waals surface area contributed by atoms with Gasteiger partial charge in [0.15, 0.2) is 0 Å². The summed E-state index contributed by atoms with van der Waals surface area (Å²) in [6, 6.07) is 29.6. The van der Waals surface area contributed by atoms with E-state index in [1.165, 1.54) is 12.1 Å². The van der Waals surface area contributed by atoms with Gasteiger partial charge in [0.2, 0.25) is 5.56 Å². The van der Waals surface area contributed by atoms with Crippen LogP contribution in [0.25, 0.3) is 10.9 Å². The Labute approximate surface area is 313 Å². The summed E-state index contributed by atoms with van der Waals surface area (Å²) >= 11 is 0. The first-order chi connectivity index (χ1) is 26.2. The lowest BCUT2D eigenvalue weighted by atomic mass is 9.98. The second-order valence-corrected chi connectivity index (χ2v) is 13.5. The summed E-state index contributed by atoms with van der Waals surface area (Å²) in [5.74, 6) is 0.833. The van der Waals surface area contributed by atoms with Crippen LogP contribution in [0.4, 0.5) is 4.79 Å². The fourth-order valence-corrected chi connectivity index (χ4v) is 6.81. The zero-order chi connectivity index (χ0) is 37.9. The van der Waals surface area contributed by atoms with Crippen molar-refractivity contribution in [2.45, 2.75) is 38.0 Å². The van der Waals surface area contributed by atoms with Gasteiger partial charge in [-0.25, -0.2) is 4.79 Å². The van der Waals surface area contributed by atoms with Gasteiger partial charge in [-0.05, 0) is 90.4 Å². The Morgan fingerprint density at radius 2 is 1.69 bits per heavy atom. The molecule has 6 rings (SSSR count). The molecular formula is C42H46N4O8. The Morgan fingerprint density at radius 1 is 0.926 bits per heavy atom. The van der Waals surface area contributed by atoms with Crippen molar-refractivity contribution in [3.63, 3.8) is 0 Å². The molecule has 6 N–H and O–H groups in total. The Hall–Kier alpha value is -5.69. The number of hydrogen-bond acceptors (Lipinski definition) is 8. The van der Waals surface area contributed by atoms with E-state index in [0.717, 1.165) is 29.5 Å². The molecule has 12 heteroatoms. The molecule has 5 aromatic rings. The smallest absolute Gasteiger partial charge is 0.405 e. The molecule has 1 aliphatic heterocycles. The molecule has 0 spiro atoms. The molecule has 0 saturated carbocycles. The molecule has 2 amide bonds. The summed E-state index contributed by atoms with van der Waals surface area (Å²) < 4.78 is 11.6. The number of hydrogen-bond donors (Lipinski definition) is 6. The number of rotatable bonds is 16. The molecule has 0 radical (unpaired) electrons. The van der Waals surface area contributed by atoms with E-state index < -0.39 is 18.2 Å². The Morgan fingerprint density at radius 3 is 2.44 bits per heavy atom. The van der Waals surface area contributed by atoms with E-state index in [4.69, 9.17) is 9.47 Å². The second-order valence-electron chi connectivity index (χ2n) is 13.5. The molecule has 0 unspecified atom stereocenters. The number of fused-ring (bicyclic) bond motifs is 1. The molecule has 1 aromatic heterocycles. The maximum absolute atomic E-state index is 13.8. The summed E-state index contributed by atoms with van der Waals surface area (Å²) in [6.45, 7) is 3.63. The number of pyridine rings is 1. The molecule has 0 bridgehead atoms. The van der Waals surface area contributed by atoms with E-state index >= 15 is 0 Å². The fourth-order valence-electron chi connectivity index (χ4n) is 6.81. The van der Waals surface area contributed by atoms with Crippen molar-refractivity contribution >= 4 is 22.9 Å². The van der Waals surface area contributed by atoms with Crippen molar-refractivity contribution in [1.82, 2.24) is 20.5 Å². The van der Waals surface area contributed by atoms with Crippen molar-refractivity contribution in [2.75, 3.05) is 39.4 Å². The molecule has 54 heavy (non-hydrogen) atoms. The lowest BCUT2D eigenvalue weighted by Gasteiger charge is -2.30. The van der Waals surface area contributed by atoms with Crippen LogP contribution in [0.1, 0.15) is 64.0 Å². The summed E-state index contributed by atoms with van der Waals surface area (Å²) in [5, 5.41) is 37.0. The largest absolute Gasteiger partial charge is 0.506 e. The normalized spacial score (nSPS) is 14.3. The minimum atomic E-state index is -1.12. The Kier molecular flexibility index (Phi) is 12.9. The number of carbonyl (C=O) groups excluding carboxylic acids is 1. The number of aromatic nitrogens is 1. The van der Waals surface area contributed by atoms with Gasteiger partial charge in [-0.15, -0.1) is 0 Å². The highest BCUT2D eigenvalue weighted by Crippen LogP contribution is 2.29. The zero-order valence-corrected chi connectivity index (χ0v) is 29.9. The molecule has 4 aromatic carbocycles. The minimum absolute atomic E-state index is 0.0517. The molecule has 1 saturated heterocycles. The van der Waals surface area contributed by atoms with Crippen molar-refractivity contribution in [3.05, 3.63) is 141 Å². The lowest BCUT2D eigenvalue weighted by molar-refractivity contribution is 0.0456. The van der Waals surface area contributed by atoms with Crippen LogP contribution in [0.15, 0.2) is 108 Å². The molecule has 282 valence electrons. The van der Waals surface area contributed by atoms with Crippen LogP contribution in [0, 0.1) is 5.92 Å². The van der Waals surface area contributed by atoms with Crippen molar-refractivity contribution in [1.29, 1.82) is 0 Å². The maximum atomic E-state index is 13.8. The lowest BCUT2D eigenvalue weighted by Crippen LogP contribution is -2.39. The number of carboxylic acid groups (broad SMARTS) is 1. The van der Waals surface area contributed by atoms with Crippen molar-refractivity contribution in [3.8, 4) is 11.5 Å². The average molecular weight is 735 g/mol. The Bertz CT molecular complexity index is 2070. The summed E-state index contributed by atoms with van der Waals surface area (Å²) in [5.41, 5.74) is 3.58. The molecule has 1 fully saturated rings. The standard InChI is InChI=1S/C42H46N4O8/c47-36-16-14-34(35-15-17-38(49)44-40(35)36)37(48)25-43-20-5-21-46(26-28-18-22-53-23-19-28)41(50)31-12-10-29(11-13-31)27-54-33-9-4-8-32(24-33)39(45-42(51)52)30-6-2-1-3-7-30/h1-4,6-17,24,28,37,39,43,45,47-48H,5,18-23,25-27H2,(H,44,49)(H,51,52)/t37-,39-/m0/s1. The number of phenols is 1. The summed E-state index contributed by atoms with van der Waals surface area (Å²) in [4.78, 5) is 41.7. The molecule has 1 aliphatic rings. The third kappa shape index (κ3) is 10.0. The minimum Gasteiger partial charge on any atom is -0.506 e. The van der Waals surface area contributed by atoms with Gasteiger partial charge in [0.05, 0.1) is 17.7 Å². The van der Waals surface area contributed by atoms with Crippen molar-refractivity contribution in [2.24, 2.45) is 5.92 Å². The monoisotopic (exact) mass is 734 g/mol. The Balaban J connectivity index is 1.04. The SMILES string of the molecule is O=C(O)N[C@@H](c1ccccc1)c1cccc(OCc2ccc(C(=O)N(CCCNC[C@H](O)c3ccc(O)c4[nH]c(=O)ccc34)CC3CCOCC3)cc2)c1. The molecule has 2 heterocycles. The fraction of sp³-hybridized carbons (Fsp3) is 0.310. The van der Waals surface area contributed by atoms with Crippen LogP contribution in [0.2, 0.25) is 0 Å². The summed E-state index contributed by atoms with van der Waals surface area (Å²) in [6.07, 6.45) is 0.477. The van der Waals surface area contributed by atoms with Gasteiger partial charge < -0.3 is 45.3 Å². The number of amides is 2. The van der Waals surface area contributed by atoms with Crippen LogP contribution in [-0.4, -0.2) is 76.6 Å². The van der Waals surface area contributed by atoms with E-state index in [1.807, 2.05) is 83.8 Å². The predicted molar refractivity (Wildman–Crippen MR) is 205 cm³/mol. The highest BCUT2D eigenvalue weighted by atomic mass is 16.5. The first-order valence-corrected chi connectivity index (χ1v) is 18.2. The highest BCUT2D eigenvalue weighted by Gasteiger charge is 2.23. The second kappa shape index (κ2) is 18.4. The van der Waals surface area contributed by atoms with E-state index in [0.29, 0.717) is 67.4 Å². The van der Waals surface area contributed by atoms with Gasteiger partial charge >= 0.3 is 6.09 Å². The quantitative estimate of drug-likeness (QED) is 0.0690. The number of aliphatic hydroxyl groups excluding tert-OH is 1.